The summed E-state index contributed by atoms with van der Waals surface area (Å²) in [6.07, 6.45) is 8.52. The second-order valence-corrected chi connectivity index (χ2v) is 11.6. The number of carbonyl (C=O) groups is 3. The summed E-state index contributed by atoms with van der Waals surface area (Å²) in [6, 6.07) is 6.92. The third-order valence-corrected chi connectivity index (χ3v) is 8.73. The van der Waals surface area contributed by atoms with Crippen LogP contribution in [0.1, 0.15) is 43.1 Å². The van der Waals surface area contributed by atoms with Crippen LogP contribution in [0.2, 0.25) is 0 Å². The number of likely N-dealkylation sites (tertiary alicyclic amines) is 1. The molecule has 5 atom stereocenters. The number of fused-ring (bicyclic) bond motifs is 3. The number of allylic oxidation sites excluding steroid dienone is 2. The van der Waals surface area contributed by atoms with Crippen molar-refractivity contribution in [1.82, 2.24) is 35.5 Å². The summed E-state index contributed by atoms with van der Waals surface area (Å²) in [5.74, 6) is -1.45. The van der Waals surface area contributed by atoms with Gasteiger partial charge in [0.1, 0.15) is 18.8 Å². The van der Waals surface area contributed by atoms with Crippen molar-refractivity contribution < 1.29 is 18.8 Å². The van der Waals surface area contributed by atoms with Crippen molar-refractivity contribution in [2.45, 2.75) is 63.4 Å². The number of aromatic nitrogens is 4. The Hall–Kier alpha value is -4.78. The number of amides is 3. The van der Waals surface area contributed by atoms with Gasteiger partial charge in [-0.25, -0.2) is 4.39 Å². The fourth-order valence-corrected chi connectivity index (χ4v) is 6.75. The molecule has 13 heteroatoms. The molecule has 228 valence electrons. The Morgan fingerprint density at radius 1 is 1.20 bits per heavy atom. The van der Waals surface area contributed by atoms with Crippen molar-refractivity contribution in [1.29, 1.82) is 0 Å². The van der Waals surface area contributed by atoms with E-state index < -0.39 is 29.9 Å². The van der Waals surface area contributed by atoms with Gasteiger partial charge in [-0.05, 0) is 68.3 Å². The third kappa shape index (κ3) is 5.74. The first kappa shape index (κ1) is 29.3. The second kappa shape index (κ2) is 12.1. The van der Waals surface area contributed by atoms with Gasteiger partial charge in [0.25, 0.3) is 5.91 Å². The first-order valence-corrected chi connectivity index (χ1v) is 14.6. The molecule has 12 nitrogen and oxygen atoms in total. The zero-order valence-corrected chi connectivity index (χ0v) is 24.3. The summed E-state index contributed by atoms with van der Waals surface area (Å²) in [5.41, 5.74) is 9.20. The highest BCUT2D eigenvalue weighted by molar-refractivity contribution is 6.05. The highest BCUT2D eigenvalue weighted by Gasteiger charge is 2.41. The fraction of sp³-hybridized carbons (Fsp3) is 0.387. The summed E-state index contributed by atoms with van der Waals surface area (Å²) in [5, 5.41) is 18.9. The molecule has 3 aromatic rings. The molecule has 4 N–H and O–H groups in total. The molecule has 44 heavy (non-hydrogen) atoms. The average Bonchev–Trinajstić information content (AvgIpc) is 3.80. The molecule has 3 aliphatic rings. The van der Waals surface area contributed by atoms with Crippen molar-refractivity contribution in [3.63, 3.8) is 0 Å². The highest BCUT2D eigenvalue weighted by Crippen LogP contribution is 2.38. The van der Waals surface area contributed by atoms with Gasteiger partial charge in [-0.1, -0.05) is 6.07 Å². The minimum atomic E-state index is -1.36. The molecule has 2 bridgehead atoms. The number of nitrogens with two attached hydrogens (primary N) is 1. The number of primary amides is 1. The molecule has 3 saturated heterocycles. The molecule has 5 heterocycles. The van der Waals surface area contributed by atoms with Crippen molar-refractivity contribution in [3.05, 3.63) is 65.9 Å². The molecule has 0 saturated carbocycles. The number of hydrogen-bond donors (Lipinski definition) is 3. The zero-order valence-electron chi connectivity index (χ0n) is 24.3. The SMILES string of the molecule is C=N/C=C(\C=C(/C)NC(=O)C1CC(F)CN1C(=O)Cn1nc(C(N)=O)c2cc(-c3ccnnc3)ccc21)C1CC2CCC1N2. The number of halogens is 1. The molecule has 3 aliphatic heterocycles. The van der Waals surface area contributed by atoms with E-state index in [-0.39, 0.29) is 31.1 Å². The van der Waals surface area contributed by atoms with Crippen LogP contribution in [0.15, 0.2) is 65.2 Å². The van der Waals surface area contributed by atoms with E-state index in [4.69, 9.17) is 5.73 Å². The number of nitrogens with one attached hydrogen (secondary N) is 2. The average molecular weight is 600 g/mol. The van der Waals surface area contributed by atoms with Gasteiger partial charge in [0.05, 0.1) is 24.5 Å². The molecule has 0 spiro atoms. The van der Waals surface area contributed by atoms with Gasteiger partial charge in [0, 0.05) is 47.3 Å². The van der Waals surface area contributed by atoms with Gasteiger partial charge < -0.3 is 21.3 Å². The van der Waals surface area contributed by atoms with Gasteiger partial charge >= 0.3 is 0 Å². The molecular formula is C31H34FN9O3. The van der Waals surface area contributed by atoms with Crippen LogP contribution >= 0.6 is 0 Å². The normalized spacial score (nSPS) is 25.0. The molecule has 3 amide bonds. The van der Waals surface area contributed by atoms with Crippen LogP contribution in [-0.4, -0.2) is 80.2 Å². The Kier molecular flexibility index (Phi) is 8.04. The minimum absolute atomic E-state index is 0.0000624. The Balaban J connectivity index is 1.19. The van der Waals surface area contributed by atoms with Gasteiger partial charge in [-0.2, -0.15) is 15.3 Å². The van der Waals surface area contributed by atoms with Crippen LogP contribution in [0.5, 0.6) is 0 Å². The Labute approximate surface area is 253 Å². The highest BCUT2D eigenvalue weighted by atomic mass is 19.1. The predicted octanol–water partition coefficient (Wildman–Crippen LogP) is 2.28. The lowest BCUT2D eigenvalue weighted by Gasteiger charge is -2.24. The van der Waals surface area contributed by atoms with E-state index in [2.05, 4.69) is 37.6 Å². The monoisotopic (exact) mass is 599 g/mol. The van der Waals surface area contributed by atoms with Crippen LogP contribution in [0.3, 0.4) is 0 Å². The first-order chi connectivity index (χ1) is 21.2. The molecule has 6 rings (SSSR count). The molecule has 0 aliphatic carbocycles. The van der Waals surface area contributed by atoms with Gasteiger partial charge in [-0.15, -0.1) is 0 Å². The maximum absolute atomic E-state index is 14.7. The largest absolute Gasteiger partial charge is 0.364 e. The Morgan fingerprint density at radius 3 is 2.73 bits per heavy atom. The van der Waals surface area contributed by atoms with Crippen molar-refractivity contribution in [2.24, 2.45) is 16.6 Å². The van der Waals surface area contributed by atoms with E-state index in [1.807, 2.05) is 12.1 Å². The number of aliphatic imine (C=N–C) groups is 1. The summed E-state index contributed by atoms with van der Waals surface area (Å²) < 4.78 is 16.0. The van der Waals surface area contributed by atoms with E-state index in [9.17, 15) is 18.8 Å². The molecule has 2 aromatic heterocycles. The fourth-order valence-electron chi connectivity index (χ4n) is 6.75. The molecule has 0 radical (unpaired) electrons. The maximum Gasteiger partial charge on any atom is 0.269 e. The third-order valence-electron chi connectivity index (χ3n) is 8.73. The van der Waals surface area contributed by atoms with Crippen molar-refractivity contribution in [2.75, 3.05) is 6.54 Å². The lowest BCUT2D eigenvalue weighted by atomic mass is 9.83. The minimum Gasteiger partial charge on any atom is -0.364 e. The van der Waals surface area contributed by atoms with Crippen LogP contribution in [0, 0.1) is 5.92 Å². The predicted molar refractivity (Wildman–Crippen MR) is 162 cm³/mol. The van der Waals surface area contributed by atoms with E-state index in [1.165, 1.54) is 9.58 Å². The van der Waals surface area contributed by atoms with Gasteiger partial charge in [0.2, 0.25) is 11.8 Å². The molecule has 5 unspecified atom stereocenters. The quantitative estimate of drug-likeness (QED) is 0.251. The number of benzene rings is 1. The standard InChI is InChI=1S/C31H34FN9O3/c1-17(9-20(13-34-2)23-12-22-4-5-25(23)38-22)37-31(44)27-11-21(32)15-40(27)28(42)16-41-26-6-3-18(19-7-8-35-36-14-19)10-24(26)29(39-41)30(33)43/h3,6-10,13-14,21-23,25,27,38H,2,4-5,11-12,15-16H2,1H3,(H2,33,43)(H,37,44)/b17-9+,20-13+. The van der Waals surface area contributed by atoms with E-state index in [0.717, 1.165) is 36.0 Å². The lowest BCUT2D eigenvalue weighted by molar-refractivity contribution is -0.138. The molecular weight excluding hydrogens is 565 g/mol. The van der Waals surface area contributed by atoms with Gasteiger partial charge in [-0.3, -0.25) is 24.1 Å². The van der Waals surface area contributed by atoms with E-state index in [1.54, 1.807) is 43.7 Å². The van der Waals surface area contributed by atoms with Crippen LogP contribution < -0.4 is 16.4 Å². The zero-order chi connectivity index (χ0) is 31.0. The van der Waals surface area contributed by atoms with E-state index in [0.29, 0.717) is 28.7 Å². The van der Waals surface area contributed by atoms with Crippen LogP contribution in [0.4, 0.5) is 4.39 Å². The lowest BCUT2D eigenvalue weighted by Crippen LogP contribution is -2.46. The molecule has 1 aromatic carbocycles. The van der Waals surface area contributed by atoms with E-state index >= 15 is 0 Å². The summed E-state index contributed by atoms with van der Waals surface area (Å²) in [6.45, 7) is 4.84. The Morgan fingerprint density at radius 2 is 2.05 bits per heavy atom. The van der Waals surface area contributed by atoms with Crippen LogP contribution in [-0.2, 0) is 16.1 Å². The van der Waals surface area contributed by atoms with Crippen molar-refractivity contribution >= 4 is 35.3 Å². The molecule has 3 fully saturated rings. The topological polar surface area (TPSA) is 160 Å². The first-order valence-electron chi connectivity index (χ1n) is 14.6. The maximum atomic E-state index is 14.7. The number of carbonyl (C=O) groups excluding carboxylic acids is 3. The number of alkyl halides is 1. The number of rotatable bonds is 9. The van der Waals surface area contributed by atoms with Gasteiger partial charge in [0.15, 0.2) is 5.69 Å². The second-order valence-electron chi connectivity index (χ2n) is 11.6. The number of nitrogens with zero attached hydrogens (tertiary/aromatic N) is 6. The van der Waals surface area contributed by atoms with Crippen LogP contribution in [0.25, 0.3) is 22.0 Å². The summed E-state index contributed by atoms with van der Waals surface area (Å²) in [4.78, 5) is 44.3. The Bertz CT molecular complexity index is 1690. The summed E-state index contributed by atoms with van der Waals surface area (Å²) >= 11 is 0. The van der Waals surface area contributed by atoms with Crippen molar-refractivity contribution in [3.8, 4) is 11.1 Å². The number of hydrogen-bond acceptors (Lipinski definition) is 8. The smallest absolute Gasteiger partial charge is 0.269 e. The summed E-state index contributed by atoms with van der Waals surface area (Å²) in [7, 11) is 0.